The van der Waals surface area contributed by atoms with E-state index in [9.17, 15) is 18.6 Å². The Balaban J connectivity index is 1.23. The van der Waals surface area contributed by atoms with Crippen molar-refractivity contribution in [1.82, 2.24) is 4.90 Å². The van der Waals surface area contributed by atoms with Crippen LogP contribution in [0.3, 0.4) is 0 Å². The van der Waals surface area contributed by atoms with Crippen molar-refractivity contribution < 1.29 is 28.1 Å². The molecule has 3 atom stereocenters. The third-order valence-corrected chi connectivity index (χ3v) is 10.9. The summed E-state index contributed by atoms with van der Waals surface area (Å²) in [6.07, 6.45) is 3.05. The molecule has 3 aliphatic rings. The highest BCUT2D eigenvalue weighted by molar-refractivity contribution is 7.93. The molecule has 0 aromatic heterocycles. The summed E-state index contributed by atoms with van der Waals surface area (Å²) < 4.78 is 42.3. The number of aromatic hydroxyl groups is 2. The summed E-state index contributed by atoms with van der Waals surface area (Å²) in [5.41, 5.74) is 4.00. The normalized spacial score (nSPS) is 22.5. The highest BCUT2D eigenvalue weighted by atomic mass is 32.2. The first-order valence-corrected chi connectivity index (χ1v) is 16.3. The fraction of sp³-hybridized carbons (Fsp3) is 0.394. The molecule has 2 saturated heterocycles. The molecule has 3 heterocycles. The van der Waals surface area contributed by atoms with Crippen molar-refractivity contribution in [3.63, 3.8) is 0 Å². The fourth-order valence-electron chi connectivity index (χ4n) is 6.50. The van der Waals surface area contributed by atoms with Crippen LogP contribution in [0.5, 0.6) is 17.2 Å². The van der Waals surface area contributed by atoms with Crippen molar-refractivity contribution in [3.05, 3.63) is 83.9 Å². The smallest absolute Gasteiger partial charge is 0.241 e. The molecule has 3 aromatic carbocycles. The molecular weight excluding hydrogens is 552 g/mol. The lowest BCUT2D eigenvalue weighted by Gasteiger charge is -2.31. The van der Waals surface area contributed by atoms with Gasteiger partial charge < -0.3 is 19.7 Å². The molecule has 3 aromatic rings. The van der Waals surface area contributed by atoms with Gasteiger partial charge >= 0.3 is 0 Å². The van der Waals surface area contributed by atoms with Gasteiger partial charge in [0.05, 0.1) is 11.8 Å². The highest BCUT2D eigenvalue weighted by Gasteiger charge is 2.54. The molecule has 6 rings (SSSR count). The monoisotopic (exact) mass is 590 g/mol. The predicted octanol–water partition coefficient (Wildman–Crippen LogP) is 5.27. The Labute approximate surface area is 247 Å². The number of ether oxygens (including phenoxy) is 2. The molecule has 3 aliphatic heterocycles. The van der Waals surface area contributed by atoms with Crippen LogP contribution < -0.4 is 9.04 Å². The van der Waals surface area contributed by atoms with Gasteiger partial charge in [0.2, 0.25) is 10.0 Å². The number of hydrogen-bond donors (Lipinski definition) is 2. The minimum atomic E-state index is -3.80. The Morgan fingerprint density at radius 1 is 0.857 bits per heavy atom. The van der Waals surface area contributed by atoms with Gasteiger partial charge in [0.15, 0.2) is 0 Å². The molecule has 2 N–H and O–H groups in total. The summed E-state index contributed by atoms with van der Waals surface area (Å²) >= 11 is 0. The number of hydrogen-bond acceptors (Lipinski definition) is 7. The second kappa shape index (κ2) is 12.0. The first kappa shape index (κ1) is 28.6. The molecule has 0 aliphatic carbocycles. The van der Waals surface area contributed by atoms with Crippen LogP contribution in [0.4, 0.5) is 5.69 Å². The van der Waals surface area contributed by atoms with Gasteiger partial charge in [-0.25, -0.2) is 8.42 Å². The Hall–Kier alpha value is -3.53. The molecule has 2 bridgehead atoms. The fourth-order valence-corrected chi connectivity index (χ4v) is 8.53. The van der Waals surface area contributed by atoms with Gasteiger partial charge in [0.25, 0.3) is 0 Å². The van der Waals surface area contributed by atoms with Crippen molar-refractivity contribution in [3.8, 4) is 17.2 Å². The number of phenols is 2. The van der Waals surface area contributed by atoms with E-state index >= 15 is 0 Å². The van der Waals surface area contributed by atoms with Gasteiger partial charge in [0.1, 0.15) is 35.2 Å². The molecule has 9 heteroatoms. The van der Waals surface area contributed by atoms with E-state index in [-0.39, 0.29) is 18.0 Å². The maximum absolute atomic E-state index is 14.2. The molecule has 0 unspecified atom stereocenters. The van der Waals surface area contributed by atoms with E-state index in [0.717, 1.165) is 47.7 Å². The van der Waals surface area contributed by atoms with Crippen molar-refractivity contribution in [1.29, 1.82) is 0 Å². The Morgan fingerprint density at radius 2 is 1.45 bits per heavy atom. The summed E-state index contributed by atoms with van der Waals surface area (Å²) in [7, 11) is -3.80. The van der Waals surface area contributed by atoms with Crippen molar-refractivity contribution in [2.24, 2.45) is 0 Å². The van der Waals surface area contributed by atoms with E-state index in [1.165, 1.54) is 23.6 Å². The van der Waals surface area contributed by atoms with Gasteiger partial charge in [-0.05, 0) is 110 Å². The molecular formula is C33H38N2O6S. The molecule has 8 nitrogen and oxygen atoms in total. The number of phenolic OH excluding ortho intramolecular Hbond substituents is 2. The van der Waals surface area contributed by atoms with E-state index in [0.29, 0.717) is 18.7 Å². The van der Waals surface area contributed by atoms with Gasteiger partial charge in [-0.1, -0.05) is 30.7 Å². The van der Waals surface area contributed by atoms with Crippen LogP contribution in [0.25, 0.3) is 11.1 Å². The molecule has 0 spiro atoms. The van der Waals surface area contributed by atoms with Gasteiger partial charge in [0, 0.05) is 13.1 Å². The Morgan fingerprint density at radius 3 is 2.05 bits per heavy atom. The third kappa shape index (κ3) is 5.61. The molecule has 0 amide bonds. The number of sulfonamides is 1. The van der Waals surface area contributed by atoms with Crippen molar-refractivity contribution in [2.45, 2.75) is 50.1 Å². The maximum Gasteiger partial charge on any atom is 0.241 e. The standard InChI is InChI=1S/C33H38N2O6S/c1-2-35(25-10-16-28(17-11-25)40-21-20-34-18-4-3-5-19-34)42(38,39)30-22-29-31(23-6-12-26(36)13-7-23)32(33(30)41-29)24-8-14-27(37)15-9-24/h6-17,29-30,33,36-37H,2-5,18-22H2,1H3/t29-,30+,33+/m1/s1. The SMILES string of the molecule is CCN(c1ccc(OCCN2CCCCC2)cc1)S(=O)(=O)[C@H]1C[C@H]2O[C@@H]1C(c1ccc(O)cc1)=C2c1ccc(O)cc1. The third-order valence-electron chi connectivity index (χ3n) is 8.57. The summed E-state index contributed by atoms with van der Waals surface area (Å²) in [6.45, 7) is 5.87. The number of piperidine rings is 1. The van der Waals surface area contributed by atoms with E-state index in [4.69, 9.17) is 9.47 Å². The Kier molecular flexibility index (Phi) is 8.16. The van der Waals surface area contributed by atoms with Gasteiger partial charge in [-0.2, -0.15) is 0 Å². The number of nitrogens with zero attached hydrogens (tertiary/aromatic N) is 2. The molecule has 0 saturated carbocycles. The summed E-state index contributed by atoms with van der Waals surface area (Å²) in [5, 5.41) is 19.0. The van der Waals surface area contributed by atoms with Crippen LogP contribution in [0, 0.1) is 0 Å². The first-order chi connectivity index (χ1) is 20.3. The van der Waals surface area contributed by atoms with Crippen molar-refractivity contribution >= 4 is 26.9 Å². The number of rotatable bonds is 10. The second-order valence-electron chi connectivity index (χ2n) is 11.2. The molecule has 222 valence electrons. The molecule has 0 radical (unpaired) electrons. The van der Waals surface area contributed by atoms with Crippen LogP contribution in [0.2, 0.25) is 0 Å². The van der Waals surface area contributed by atoms with Gasteiger partial charge in [-0.15, -0.1) is 0 Å². The lowest BCUT2D eigenvalue weighted by atomic mass is 9.83. The zero-order chi connectivity index (χ0) is 29.3. The van der Waals surface area contributed by atoms with Crippen LogP contribution in [0.15, 0.2) is 72.8 Å². The number of anilines is 1. The lowest BCUT2D eigenvalue weighted by Crippen LogP contribution is -2.43. The highest BCUT2D eigenvalue weighted by Crippen LogP contribution is 2.51. The van der Waals surface area contributed by atoms with Crippen LogP contribution in [0.1, 0.15) is 43.7 Å². The van der Waals surface area contributed by atoms with Crippen LogP contribution >= 0.6 is 0 Å². The van der Waals surface area contributed by atoms with Crippen molar-refractivity contribution in [2.75, 3.05) is 37.1 Å². The number of benzene rings is 3. The number of fused-ring (bicyclic) bond motifs is 2. The quantitative estimate of drug-likeness (QED) is 0.332. The maximum atomic E-state index is 14.2. The lowest BCUT2D eigenvalue weighted by molar-refractivity contribution is 0.128. The topological polar surface area (TPSA) is 99.5 Å². The van der Waals surface area contributed by atoms with Gasteiger partial charge in [-0.3, -0.25) is 9.21 Å². The zero-order valence-corrected chi connectivity index (χ0v) is 24.7. The first-order valence-electron chi connectivity index (χ1n) is 14.8. The van der Waals surface area contributed by atoms with E-state index in [1.807, 2.05) is 43.3 Å². The number of likely N-dealkylation sites (tertiary alicyclic amines) is 1. The minimum Gasteiger partial charge on any atom is -0.508 e. The average molecular weight is 591 g/mol. The molecule has 2 fully saturated rings. The average Bonchev–Trinajstić information content (AvgIpc) is 3.60. The van der Waals surface area contributed by atoms with E-state index in [2.05, 4.69) is 4.90 Å². The van der Waals surface area contributed by atoms with E-state index < -0.39 is 27.5 Å². The zero-order valence-electron chi connectivity index (χ0n) is 23.9. The summed E-state index contributed by atoms with van der Waals surface area (Å²) in [5.74, 6) is 1.02. The van der Waals surface area contributed by atoms with Crippen LogP contribution in [-0.4, -0.2) is 73.8 Å². The largest absolute Gasteiger partial charge is 0.508 e. The van der Waals surface area contributed by atoms with Crippen LogP contribution in [-0.2, 0) is 14.8 Å². The molecule has 42 heavy (non-hydrogen) atoms. The minimum absolute atomic E-state index is 0.134. The summed E-state index contributed by atoms with van der Waals surface area (Å²) in [4.78, 5) is 2.43. The predicted molar refractivity (Wildman–Crippen MR) is 164 cm³/mol. The summed E-state index contributed by atoms with van der Waals surface area (Å²) in [6, 6.07) is 21.0. The second-order valence-corrected chi connectivity index (χ2v) is 13.3. The van der Waals surface area contributed by atoms with E-state index in [1.54, 1.807) is 36.4 Å². The Bertz CT molecular complexity index is 1510.